The molecule has 1 aromatic carbocycles. The fraction of sp³-hybridized carbons (Fsp3) is 0.267. The van der Waals surface area contributed by atoms with E-state index in [1.54, 1.807) is 24.3 Å². The highest BCUT2D eigenvalue weighted by atomic mass is 35.5. The van der Waals surface area contributed by atoms with E-state index in [1.807, 2.05) is 6.92 Å². The summed E-state index contributed by atoms with van der Waals surface area (Å²) in [7, 11) is 0. The highest BCUT2D eigenvalue weighted by Crippen LogP contribution is 2.22. The Morgan fingerprint density at radius 3 is 2.50 bits per heavy atom. The first-order valence-corrected chi connectivity index (χ1v) is 7.59. The summed E-state index contributed by atoms with van der Waals surface area (Å²) in [4.78, 5) is 20.3. The van der Waals surface area contributed by atoms with Gasteiger partial charge in [0.25, 0.3) is 5.91 Å². The van der Waals surface area contributed by atoms with Gasteiger partial charge in [-0.25, -0.2) is 9.97 Å². The molecule has 0 aliphatic carbocycles. The van der Waals surface area contributed by atoms with Gasteiger partial charge < -0.3 is 10.6 Å². The number of hydrogen-bond acceptors (Lipinski definition) is 4. The summed E-state index contributed by atoms with van der Waals surface area (Å²) in [5.74, 6) is 0.256. The molecule has 0 saturated heterocycles. The van der Waals surface area contributed by atoms with Gasteiger partial charge in [0.15, 0.2) is 0 Å². The van der Waals surface area contributed by atoms with Crippen LogP contribution in [0, 0.1) is 0 Å². The summed E-state index contributed by atoms with van der Waals surface area (Å²) in [5, 5.41) is 6.80. The van der Waals surface area contributed by atoms with Crippen LogP contribution in [-0.2, 0) is 0 Å². The summed E-state index contributed by atoms with van der Waals surface area (Å²) in [6.07, 6.45) is 2.30. The third-order valence-corrected chi connectivity index (χ3v) is 3.46. The molecule has 1 aromatic heterocycles. The van der Waals surface area contributed by atoms with Crippen molar-refractivity contribution in [1.82, 2.24) is 9.97 Å². The van der Waals surface area contributed by atoms with E-state index in [4.69, 9.17) is 23.2 Å². The molecule has 1 atom stereocenters. The molecular formula is C15H16Cl2N4O. The van der Waals surface area contributed by atoms with Crippen LogP contribution in [0.4, 0.5) is 11.5 Å². The highest BCUT2D eigenvalue weighted by molar-refractivity contribution is 6.35. The van der Waals surface area contributed by atoms with Gasteiger partial charge in [-0.2, -0.15) is 0 Å². The molecule has 0 aliphatic heterocycles. The summed E-state index contributed by atoms with van der Waals surface area (Å²) >= 11 is 11.8. The van der Waals surface area contributed by atoms with Gasteiger partial charge in [0.1, 0.15) is 17.8 Å². The second-order valence-corrected chi connectivity index (χ2v) is 5.73. The molecule has 1 amide bonds. The van der Waals surface area contributed by atoms with Gasteiger partial charge in [-0.1, -0.05) is 30.1 Å². The number of anilines is 2. The molecule has 0 spiro atoms. The van der Waals surface area contributed by atoms with Gasteiger partial charge in [-0.15, -0.1) is 0 Å². The van der Waals surface area contributed by atoms with Crippen LogP contribution >= 0.6 is 23.2 Å². The van der Waals surface area contributed by atoms with Crippen LogP contribution in [0.1, 0.15) is 30.8 Å². The van der Waals surface area contributed by atoms with Crippen LogP contribution in [0.5, 0.6) is 0 Å². The largest absolute Gasteiger partial charge is 0.368 e. The topological polar surface area (TPSA) is 66.9 Å². The average molecular weight is 339 g/mol. The Labute approximate surface area is 139 Å². The first kappa shape index (κ1) is 16.5. The fourth-order valence-electron chi connectivity index (χ4n) is 1.74. The van der Waals surface area contributed by atoms with E-state index in [1.165, 1.54) is 6.33 Å². The Kier molecular flexibility index (Phi) is 5.57. The van der Waals surface area contributed by atoms with Crippen LogP contribution in [0.2, 0.25) is 10.0 Å². The lowest BCUT2D eigenvalue weighted by atomic mass is 10.2. The summed E-state index contributed by atoms with van der Waals surface area (Å²) < 4.78 is 0. The van der Waals surface area contributed by atoms with Crippen molar-refractivity contribution in [3.63, 3.8) is 0 Å². The first-order chi connectivity index (χ1) is 10.5. The number of rotatable bonds is 5. The summed E-state index contributed by atoms with van der Waals surface area (Å²) in [6.45, 7) is 4.10. The molecule has 116 valence electrons. The maximum Gasteiger partial charge on any atom is 0.274 e. The van der Waals surface area contributed by atoms with Gasteiger partial charge in [0, 0.05) is 27.8 Å². The minimum atomic E-state index is -0.354. The number of halogens is 2. The number of carbonyl (C=O) groups excluding carboxylic acids is 1. The first-order valence-electron chi connectivity index (χ1n) is 6.84. The highest BCUT2D eigenvalue weighted by Gasteiger charge is 2.11. The van der Waals surface area contributed by atoms with Gasteiger partial charge in [-0.3, -0.25) is 4.79 Å². The molecule has 0 saturated carbocycles. The Bertz CT molecular complexity index is 658. The average Bonchev–Trinajstić information content (AvgIpc) is 2.46. The number of nitrogens with one attached hydrogen (secondary N) is 2. The number of nitrogens with zero attached hydrogens (tertiary/aromatic N) is 2. The Balaban J connectivity index is 2.13. The summed E-state index contributed by atoms with van der Waals surface area (Å²) in [6, 6.07) is 6.69. The third-order valence-electron chi connectivity index (χ3n) is 3.03. The van der Waals surface area contributed by atoms with Gasteiger partial charge in [0.05, 0.1) is 0 Å². The van der Waals surface area contributed by atoms with Crippen LogP contribution in [0.15, 0.2) is 30.6 Å². The second kappa shape index (κ2) is 7.42. The predicted molar refractivity (Wildman–Crippen MR) is 89.8 cm³/mol. The lowest BCUT2D eigenvalue weighted by molar-refractivity contribution is 0.102. The van der Waals surface area contributed by atoms with Crippen molar-refractivity contribution in [2.75, 3.05) is 10.6 Å². The van der Waals surface area contributed by atoms with Gasteiger partial charge in [-0.05, 0) is 31.5 Å². The molecule has 7 heteroatoms. The van der Waals surface area contributed by atoms with Crippen LogP contribution < -0.4 is 10.6 Å². The van der Waals surface area contributed by atoms with E-state index >= 15 is 0 Å². The number of carbonyl (C=O) groups is 1. The van der Waals surface area contributed by atoms with Crippen molar-refractivity contribution in [3.8, 4) is 0 Å². The van der Waals surface area contributed by atoms with E-state index in [0.29, 0.717) is 21.6 Å². The van der Waals surface area contributed by atoms with E-state index in [2.05, 4.69) is 27.5 Å². The standard InChI is InChI=1S/C15H16Cl2N4O/c1-3-9(2)20-14-7-13(18-8-19-14)15(22)21-12-5-10(16)4-11(17)6-12/h4-9H,3H2,1-2H3,(H,21,22)(H,18,19,20). The monoisotopic (exact) mass is 338 g/mol. The molecule has 5 nitrogen and oxygen atoms in total. The van der Waals surface area contributed by atoms with E-state index in [-0.39, 0.29) is 17.6 Å². The van der Waals surface area contributed by atoms with Crippen LogP contribution in [-0.4, -0.2) is 21.9 Å². The SMILES string of the molecule is CCC(C)Nc1cc(C(=O)Nc2cc(Cl)cc(Cl)c2)ncn1. The molecule has 2 N–H and O–H groups in total. The second-order valence-electron chi connectivity index (χ2n) is 4.85. The lowest BCUT2D eigenvalue weighted by Gasteiger charge is -2.12. The molecular weight excluding hydrogens is 323 g/mol. The quantitative estimate of drug-likeness (QED) is 0.855. The maximum absolute atomic E-state index is 12.2. The fourth-order valence-corrected chi connectivity index (χ4v) is 2.26. The zero-order chi connectivity index (χ0) is 16.1. The molecule has 1 unspecified atom stereocenters. The zero-order valence-electron chi connectivity index (χ0n) is 12.2. The smallest absolute Gasteiger partial charge is 0.274 e. The molecule has 0 radical (unpaired) electrons. The number of hydrogen-bond donors (Lipinski definition) is 2. The number of amides is 1. The van der Waals surface area contributed by atoms with Crippen molar-refractivity contribution >= 4 is 40.6 Å². The van der Waals surface area contributed by atoms with Crippen LogP contribution in [0.3, 0.4) is 0 Å². The number of aromatic nitrogens is 2. The van der Waals surface area contributed by atoms with Crippen molar-refractivity contribution < 1.29 is 4.79 Å². The van der Waals surface area contributed by atoms with Crippen molar-refractivity contribution in [3.05, 3.63) is 46.3 Å². The minimum absolute atomic E-state index is 0.261. The van der Waals surface area contributed by atoms with Gasteiger partial charge in [0.2, 0.25) is 0 Å². The van der Waals surface area contributed by atoms with Crippen molar-refractivity contribution in [1.29, 1.82) is 0 Å². The predicted octanol–water partition coefficient (Wildman–Crippen LogP) is 4.25. The molecule has 1 heterocycles. The summed E-state index contributed by atoms with van der Waals surface area (Å²) in [5.41, 5.74) is 0.773. The number of benzene rings is 1. The molecule has 2 aromatic rings. The molecule has 22 heavy (non-hydrogen) atoms. The molecule has 2 rings (SSSR count). The van der Waals surface area contributed by atoms with Crippen LogP contribution in [0.25, 0.3) is 0 Å². The van der Waals surface area contributed by atoms with E-state index in [9.17, 15) is 4.79 Å². The normalized spacial score (nSPS) is 11.8. The van der Waals surface area contributed by atoms with Crippen molar-refractivity contribution in [2.45, 2.75) is 26.3 Å². The third kappa shape index (κ3) is 4.58. The Hall–Kier alpha value is -1.85. The van der Waals surface area contributed by atoms with E-state index < -0.39 is 0 Å². The van der Waals surface area contributed by atoms with E-state index in [0.717, 1.165) is 6.42 Å². The Morgan fingerprint density at radius 2 is 1.86 bits per heavy atom. The maximum atomic E-state index is 12.2. The molecule has 0 bridgehead atoms. The molecule has 0 fully saturated rings. The van der Waals surface area contributed by atoms with Gasteiger partial charge >= 0.3 is 0 Å². The van der Waals surface area contributed by atoms with Crippen molar-refractivity contribution in [2.24, 2.45) is 0 Å². The minimum Gasteiger partial charge on any atom is -0.368 e. The molecule has 0 aliphatic rings. The lowest BCUT2D eigenvalue weighted by Crippen LogP contribution is -2.17. The zero-order valence-corrected chi connectivity index (χ0v) is 13.7. The Morgan fingerprint density at radius 1 is 1.18 bits per heavy atom.